The first kappa shape index (κ1) is 12.2. The van der Waals surface area contributed by atoms with Gasteiger partial charge >= 0.3 is 6.36 Å². The summed E-state index contributed by atoms with van der Waals surface area (Å²) in [5.41, 5.74) is 0.271. The lowest BCUT2D eigenvalue weighted by Gasteiger charge is -2.09. The van der Waals surface area contributed by atoms with Gasteiger partial charge in [-0.15, -0.1) is 13.2 Å². The van der Waals surface area contributed by atoms with E-state index in [1.807, 2.05) is 0 Å². The van der Waals surface area contributed by atoms with Gasteiger partial charge in [0, 0.05) is 12.3 Å². The van der Waals surface area contributed by atoms with Crippen molar-refractivity contribution in [1.29, 1.82) is 0 Å². The fourth-order valence-corrected chi connectivity index (χ4v) is 1.30. The van der Waals surface area contributed by atoms with Crippen molar-refractivity contribution >= 4 is 0 Å². The van der Waals surface area contributed by atoms with Gasteiger partial charge in [-0.2, -0.15) is 5.10 Å². The first-order chi connectivity index (χ1) is 8.44. The van der Waals surface area contributed by atoms with E-state index in [1.165, 1.54) is 41.2 Å². The maximum atomic E-state index is 11.9. The molecule has 94 valence electrons. The number of alkyl halides is 3. The van der Waals surface area contributed by atoms with Crippen LogP contribution in [-0.2, 0) is 0 Å². The number of ether oxygens (including phenoxy) is 1. The summed E-state index contributed by atoms with van der Waals surface area (Å²) < 4.78 is 40.9. The Morgan fingerprint density at radius 1 is 1.11 bits per heavy atom. The van der Waals surface area contributed by atoms with E-state index in [9.17, 15) is 18.0 Å². The monoisotopic (exact) mass is 256 g/mol. The fourth-order valence-electron chi connectivity index (χ4n) is 1.30. The van der Waals surface area contributed by atoms with Crippen LogP contribution >= 0.6 is 0 Å². The van der Waals surface area contributed by atoms with Crippen molar-refractivity contribution in [2.75, 3.05) is 0 Å². The molecule has 1 heterocycles. The van der Waals surface area contributed by atoms with Crippen molar-refractivity contribution in [2.24, 2.45) is 0 Å². The largest absolute Gasteiger partial charge is 0.573 e. The third-order valence-electron chi connectivity index (χ3n) is 2.02. The van der Waals surface area contributed by atoms with E-state index < -0.39 is 6.36 Å². The van der Waals surface area contributed by atoms with Gasteiger partial charge in [0.1, 0.15) is 5.75 Å². The van der Waals surface area contributed by atoms with Crippen molar-refractivity contribution in [2.45, 2.75) is 6.36 Å². The number of hydrogen-bond donors (Lipinski definition) is 0. The highest BCUT2D eigenvalue weighted by Gasteiger charge is 2.30. The standard InChI is InChI=1S/C11H7F3N2O2/c12-11(13,14)18-10-3-1-8(2-4-10)16-6-5-9(17)7-15-16/h1-7H. The molecule has 2 rings (SSSR count). The molecule has 7 heteroatoms. The number of rotatable bonds is 2. The van der Waals surface area contributed by atoms with Gasteiger partial charge in [-0.05, 0) is 24.3 Å². The van der Waals surface area contributed by atoms with Gasteiger partial charge in [0.15, 0.2) is 5.43 Å². The summed E-state index contributed by atoms with van der Waals surface area (Å²) in [5.74, 6) is -0.313. The Morgan fingerprint density at radius 2 is 1.78 bits per heavy atom. The minimum atomic E-state index is -4.71. The quantitative estimate of drug-likeness (QED) is 0.826. The average molecular weight is 256 g/mol. The second-order valence-corrected chi connectivity index (χ2v) is 3.35. The summed E-state index contributed by atoms with van der Waals surface area (Å²) in [7, 11) is 0. The Labute approximate surface area is 99.2 Å². The van der Waals surface area contributed by atoms with Crippen LogP contribution in [0.4, 0.5) is 13.2 Å². The molecule has 0 N–H and O–H groups in total. The van der Waals surface area contributed by atoms with Crippen molar-refractivity contribution in [3.05, 3.63) is 52.9 Å². The van der Waals surface area contributed by atoms with Crippen molar-refractivity contribution in [3.8, 4) is 11.4 Å². The molecular formula is C11H7F3N2O2. The van der Waals surface area contributed by atoms with Crippen molar-refractivity contribution < 1.29 is 17.9 Å². The van der Waals surface area contributed by atoms with Crippen molar-refractivity contribution in [3.63, 3.8) is 0 Å². The molecule has 0 atom stereocenters. The SMILES string of the molecule is O=c1ccn(-c2ccc(OC(F)(F)F)cc2)nc1. The highest BCUT2D eigenvalue weighted by Crippen LogP contribution is 2.23. The Hall–Kier alpha value is -2.31. The zero-order valence-electron chi connectivity index (χ0n) is 8.89. The van der Waals surface area contributed by atoms with E-state index in [-0.39, 0.29) is 11.2 Å². The predicted molar refractivity (Wildman–Crippen MR) is 56.5 cm³/mol. The van der Waals surface area contributed by atoms with E-state index in [0.29, 0.717) is 5.69 Å². The van der Waals surface area contributed by atoms with Gasteiger partial charge in [0.25, 0.3) is 0 Å². The van der Waals surface area contributed by atoms with Gasteiger partial charge in [0.05, 0.1) is 11.9 Å². The van der Waals surface area contributed by atoms with Crippen LogP contribution in [0.3, 0.4) is 0 Å². The average Bonchev–Trinajstić information content (AvgIpc) is 2.29. The highest BCUT2D eigenvalue weighted by molar-refractivity contribution is 5.36. The maximum Gasteiger partial charge on any atom is 0.573 e. The van der Waals surface area contributed by atoms with Crippen LogP contribution in [0.5, 0.6) is 5.75 Å². The van der Waals surface area contributed by atoms with Gasteiger partial charge < -0.3 is 4.74 Å². The van der Waals surface area contributed by atoms with Crippen LogP contribution in [-0.4, -0.2) is 16.1 Å². The summed E-state index contributed by atoms with van der Waals surface area (Å²) >= 11 is 0. The normalized spacial score (nSPS) is 11.3. The third kappa shape index (κ3) is 3.09. The Bertz CT molecular complexity index is 570. The molecule has 0 aliphatic rings. The van der Waals surface area contributed by atoms with E-state index in [2.05, 4.69) is 9.84 Å². The molecular weight excluding hydrogens is 249 g/mol. The van der Waals surface area contributed by atoms with Crippen LogP contribution < -0.4 is 10.2 Å². The highest BCUT2D eigenvalue weighted by atomic mass is 19.4. The van der Waals surface area contributed by atoms with E-state index in [1.54, 1.807) is 0 Å². The van der Waals surface area contributed by atoms with Gasteiger partial charge in [-0.1, -0.05) is 0 Å². The first-order valence-corrected chi connectivity index (χ1v) is 4.85. The molecule has 0 spiro atoms. The Balaban J connectivity index is 2.22. The maximum absolute atomic E-state index is 11.9. The molecule has 2 aromatic rings. The third-order valence-corrected chi connectivity index (χ3v) is 2.02. The summed E-state index contributed by atoms with van der Waals surface area (Å²) in [6.45, 7) is 0. The Morgan fingerprint density at radius 3 is 2.28 bits per heavy atom. The van der Waals surface area contributed by atoms with Crippen LogP contribution in [0.1, 0.15) is 0 Å². The molecule has 0 amide bonds. The Kier molecular flexibility index (Phi) is 3.05. The molecule has 0 bridgehead atoms. The van der Waals surface area contributed by atoms with Crippen LogP contribution in [0.25, 0.3) is 5.69 Å². The molecule has 0 saturated heterocycles. The van der Waals surface area contributed by atoms with Gasteiger partial charge in [-0.25, -0.2) is 4.68 Å². The van der Waals surface area contributed by atoms with E-state index >= 15 is 0 Å². The number of nitrogens with zero attached hydrogens (tertiary/aromatic N) is 2. The molecule has 0 aliphatic heterocycles. The van der Waals surface area contributed by atoms with Crippen LogP contribution in [0, 0.1) is 0 Å². The molecule has 18 heavy (non-hydrogen) atoms. The molecule has 0 aliphatic carbocycles. The van der Waals surface area contributed by atoms with Gasteiger partial charge in [0.2, 0.25) is 0 Å². The smallest absolute Gasteiger partial charge is 0.406 e. The lowest BCUT2D eigenvalue weighted by atomic mass is 10.3. The summed E-state index contributed by atoms with van der Waals surface area (Å²) in [5, 5.41) is 3.79. The number of benzene rings is 1. The molecule has 4 nitrogen and oxygen atoms in total. The second kappa shape index (κ2) is 4.52. The summed E-state index contributed by atoms with van der Waals surface area (Å²) in [6.07, 6.45) is -2.18. The lowest BCUT2D eigenvalue weighted by molar-refractivity contribution is -0.274. The van der Waals surface area contributed by atoms with E-state index in [0.717, 1.165) is 6.20 Å². The zero-order chi connectivity index (χ0) is 13.2. The van der Waals surface area contributed by atoms with Crippen molar-refractivity contribution in [1.82, 2.24) is 9.78 Å². The molecule has 1 aromatic carbocycles. The topological polar surface area (TPSA) is 44.1 Å². The number of aromatic nitrogens is 2. The molecule has 0 saturated carbocycles. The zero-order valence-corrected chi connectivity index (χ0v) is 8.89. The molecule has 0 fully saturated rings. The number of hydrogen-bond acceptors (Lipinski definition) is 3. The van der Waals surface area contributed by atoms with Crippen LogP contribution in [0.15, 0.2) is 47.5 Å². The summed E-state index contributed by atoms with van der Waals surface area (Å²) in [4.78, 5) is 10.8. The summed E-state index contributed by atoms with van der Waals surface area (Å²) in [6, 6.07) is 6.44. The second-order valence-electron chi connectivity index (χ2n) is 3.35. The minimum absolute atomic E-state index is 0.247. The van der Waals surface area contributed by atoms with E-state index in [4.69, 9.17) is 0 Å². The molecule has 1 aromatic heterocycles. The molecule has 0 radical (unpaired) electrons. The van der Waals surface area contributed by atoms with Crippen LogP contribution in [0.2, 0.25) is 0 Å². The van der Waals surface area contributed by atoms with Gasteiger partial charge in [-0.3, -0.25) is 4.79 Å². The first-order valence-electron chi connectivity index (χ1n) is 4.85. The predicted octanol–water partition coefficient (Wildman–Crippen LogP) is 2.13. The number of halogens is 3. The fraction of sp³-hybridized carbons (Fsp3) is 0.0909. The molecule has 0 unspecified atom stereocenters. The lowest BCUT2D eigenvalue weighted by Crippen LogP contribution is -2.17. The minimum Gasteiger partial charge on any atom is -0.406 e.